The first-order valence-electron chi connectivity index (χ1n) is 4.36. The quantitative estimate of drug-likeness (QED) is 0.294. The molecule has 0 bridgehead atoms. The number of rotatable bonds is 3. The molecule has 0 aliphatic rings. The Morgan fingerprint density at radius 2 is 2.12 bits per heavy atom. The number of aliphatic hydroxyl groups excluding tert-OH is 1. The van der Waals surface area contributed by atoms with Crippen molar-refractivity contribution in [2.75, 3.05) is 0 Å². The summed E-state index contributed by atoms with van der Waals surface area (Å²) in [7, 11) is 1.72. The van der Waals surface area contributed by atoms with E-state index in [0.717, 1.165) is 0 Å². The molecule has 0 aliphatic carbocycles. The molecule has 0 saturated heterocycles. The number of aliphatic hydroxyl groups is 1. The van der Waals surface area contributed by atoms with E-state index >= 15 is 0 Å². The molecule has 0 aromatic carbocycles. The fraction of sp³-hybridized carbons (Fsp3) is 0.111. The molecule has 1 aromatic heterocycles. The lowest BCUT2D eigenvalue weighted by molar-refractivity contribution is -0.114. The first-order valence-corrected chi connectivity index (χ1v) is 4.36. The van der Waals surface area contributed by atoms with Crippen LogP contribution in [0.3, 0.4) is 0 Å². The number of carbonyl (C=O) groups is 1. The van der Waals surface area contributed by atoms with E-state index in [1.54, 1.807) is 17.9 Å². The first-order chi connectivity index (χ1) is 7.41. The molecule has 0 spiro atoms. The summed E-state index contributed by atoms with van der Waals surface area (Å²) < 4.78 is 1.55. The molecule has 86 valence electrons. The van der Waals surface area contributed by atoms with Crippen LogP contribution in [-0.4, -0.2) is 20.8 Å². The van der Waals surface area contributed by atoms with Gasteiger partial charge in [0.1, 0.15) is 5.57 Å². The topological polar surface area (TPSA) is 133 Å². The van der Waals surface area contributed by atoms with Crippen molar-refractivity contribution in [1.82, 2.24) is 9.78 Å². The molecule has 0 saturated carbocycles. The normalized spacial score (nSPS) is 13.4. The molecule has 0 atom stereocenters. The molecule has 1 heterocycles. The molecule has 1 amide bonds. The Balaban J connectivity index is 3.09. The number of primary amides is 1. The van der Waals surface area contributed by atoms with E-state index in [9.17, 15) is 4.79 Å². The van der Waals surface area contributed by atoms with Gasteiger partial charge in [-0.15, -0.1) is 0 Å². The van der Waals surface area contributed by atoms with E-state index < -0.39 is 11.8 Å². The summed E-state index contributed by atoms with van der Waals surface area (Å²) in [6, 6.07) is 0. The van der Waals surface area contributed by atoms with Crippen molar-refractivity contribution in [2.24, 2.45) is 24.2 Å². The zero-order valence-corrected chi connectivity index (χ0v) is 8.71. The lowest BCUT2D eigenvalue weighted by Gasteiger charge is -2.00. The highest BCUT2D eigenvalue weighted by molar-refractivity contribution is 5.97. The van der Waals surface area contributed by atoms with Crippen LogP contribution in [0.25, 0.3) is 5.70 Å². The summed E-state index contributed by atoms with van der Waals surface area (Å²) in [6.07, 6.45) is 4.37. The van der Waals surface area contributed by atoms with Gasteiger partial charge in [-0.25, -0.2) is 0 Å². The smallest absolute Gasteiger partial charge is 0.254 e. The lowest BCUT2D eigenvalue weighted by Crippen LogP contribution is -2.18. The number of carbonyl (C=O) groups excluding carboxylic acids is 1. The number of aromatic nitrogens is 2. The highest BCUT2D eigenvalue weighted by Gasteiger charge is 2.09. The number of nitrogens with zero attached hydrogens (tertiary/aromatic N) is 2. The van der Waals surface area contributed by atoms with Gasteiger partial charge in [0.25, 0.3) is 5.91 Å². The molecule has 0 aliphatic heterocycles. The van der Waals surface area contributed by atoms with E-state index in [2.05, 4.69) is 5.10 Å². The monoisotopic (exact) mass is 223 g/mol. The van der Waals surface area contributed by atoms with Crippen LogP contribution in [0.5, 0.6) is 0 Å². The second-order valence-corrected chi connectivity index (χ2v) is 3.17. The number of nitrogens with two attached hydrogens (primary N) is 3. The van der Waals surface area contributed by atoms with Gasteiger partial charge in [0, 0.05) is 24.5 Å². The summed E-state index contributed by atoms with van der Waals surface area (Å²) in [6.45, 7) is 0. The molecule has 7 heteroatoms. The molecule has 7 N–H and O–H groups in total. The van der Waals surface area contributed by atoms with Gasteiger partial charge in [-0.2, -0.15) is 5.10 Å². The second-order valence-electron chi connectivity index (χ2n) is 3.17. The van der Waals surface area contributed by atoms with Gasteiger partial charge in [-0.1, -0.05) is 0 Å². The molecule has 0 radical (unpaired) electrons. The number of hydrogen-bond acceptors (Lipinski definition) is 5. The zero-order valence-electron chi connectivity index (χ0n) is 8.71. The van der Waals surface area contributed by atoms with Crippen molar-refractivity contribution in [3.05, 3.63) is 35.5 Å². The Morgan fingerprint density at radius 3 is 2.50 bits per heavy atom. The van der Waals surface area contributed by atoms with E-state index in [4.69, 9.17) is 22.3 Å². The van der Waals surface area contributed by atoms with Crippen LogP contribution in [-0.2, 0) is 11.8 Å². The van der Waals surface area contributed by atoms with Crippen molar-refractivity contribution < 1.29 is 9.90 Å². The number of amides is 1. The average molecular weight is 223 g/mol. The first kappa shape index (κ1) is 11.6. The Morgan fingerprint density at radius 1 is 1.50 bits per heavy atom. The number of aryl methyl sites for hydroxylation is 1. The number of hydrogen-bond donors (Lipinski definition) is 4. The zero-order chi connectivity index (χ0) is 12.3. The molecular formula is C9H13N5O2. The minimum absolute atomic E-state index is 0.235. The summed E-state index contributed by atoms with van der Waals surface area (Å²) in [5.74, 6) is -1.52. The van der Waals surface area contributed by atoms with Gasteiger partial charge in [0.15, 0.2) is 5.88 Å². The van der Waals surface area contributed by atoms with Crippen LogP contribution < -0.4 is 17.2 Å². The summed E-state index contributed by atoms with van der Waals surface area (Å²) >= 11 is 0. The third-order valence-electron chi connectivity index (χ3n) is 1.88. The molecule has 0 unspecified atom stereocenters. The van der Waals surface area contributed by atoms with E-state index in [-0.39, 0.29) is 11.3 Å². The van der Waals surface area contributed by atoms with Crippen LogP contribution >= 0.6 is 0 Å². The lowest BCUT2D eigenvalue weighted by atomic mass is 10.1. The van der Waals surface area contributed by atoms with Gasteiger partial charge in [-0.05, 0) is 6.08 Å². The third-order valence-corrected chi connectivity index (χ3v) is 1.88. The van der Waals surface area contributed by atoms with Crippen LogP contribution in [0, 0.1) is 0 Å². The van der Waals surface area contributed by atoms with Crippen LogP contribution in [0.2, 0.25) is 0 Å². The van der Waals surface area contributed by atoms with Gasteiger partial charge in [0.2, 0.25) is 0 Å². The van der Waals surface area contributed by atoms with E-state index in [0.29, 0.717) is 5.56 Å². The standard InChI is InChI=1S/C9H13N5O2/c1-14-4-5(3-13-14)7(10)2-6(8(11)15)9(12)16/h2-4,15H,10-11H2,1H3,(H2,12,16)/b7-2-,8-6-. The van der Waals surface area contributed by atoms with Crippen LogP contribution in [0.1, 0.15) is 5.56 Å². The molecule has 1 aromatic rings. The average Bonchev–Trinajstić information content (AvgIpc) is 2.59. The minimum Gasteiger partial charge on any atom is -0.494 e. The van der Waals surface area contributed by atoms with E-state index in [1.165, 1.54) is 12.3 Å². The van der Waals surface area contributed by atoms with Gasteiger partial charge in [-0.3, -0.25) is 9.48 Å². The second kappa shape index (κ2) is 4.39. The maximum atomic E-state index is 10.9. The third kappa shape index (κ3) is 2.53. The van der Waals surface area contributed by atoms with Crippen LogP contribution in [0.4, 0.5) is 0 Å². The minimum atomic E-state index is -0.855. The Hall–Kier alpha value is -2.44. The Kier molecular flexibility index (Phi) is 3.19. The van der Waals surface area contributed by atoms with Crippen molar-refractivity contribution in [3.63, 3.8) is 0 Å². The fourth-order valence-corrected chi connectivity index (χ4v) is 1.08. The van der Waals surface area contributed by atoms with E-state index in [1.807, 2.05) is 0 Å². The molecule has 7 nitrogen and oxygen atoms in total. The van der Waals surface area contributed by atoms with Gasteiger partial charge < -0.3 is 22.3 Å². The largest absolute Gasteiger partial charge is 0.494 e. The summed E-state index contributed by atoms with van der Waals surface area (Å²) in [4.78, 5) is 10.9. The summed E-state index contributed by atoms with van der Waals surface area (Å²) in [5, 5.41) is 12.9. The highest BCUT2D eigenvalue weighted by Crippen LogP contribution is 2.10. The van der Waals surface area contributed by atoms with Crippen molar-refractivity contribution in [2.45, 2.75) is 0 Å². The molecule has 0 fully saturated rings. The highest BCUT2D eigenvalue weighted by atomic mass is 16.3. The predicted octanol–water partition coefficient (Wildman–Crippen LogP) is -1.07. The SMILES string of the molecule is Cn1cc(/C(N)=C/C(C(N)=O)=C(\N)O)cn1. The van der Waals surface area contributed by atoms with Gasteiger partial charge in [0.05, 0.1) is 6.20 Å². The Labute approximate surface area is 91.8 Å². The molecule has 16 heavy (non-hydrogen) atoms. The predicted molar refractivity (Wildman–Crippen MR) is 58.4 cm³/mol. The van der Waals surface area contributed by atoms with Crippen molar-refractivity contribution in [1.29, 1.82) is 0 Å². The van der Waals surface area contributed by atoms with Crippen molar-refractivity contribution >= 4 is 11.6 Å². The van der Waals surface area contributed by atoms with Crippen LogP contribution in [0.15, 0.2) is 29.9 Å². The maximum Gasteiger partial charge on any atom is 0.254 e. The van der Waals surface area contributed by atoms with Crippen molar-refractivity contribution in [3.8, 4) is 0 Å². The maximum absolute atomic E-state index is 10.9. The molecular weight excluding hydrogens is 210 g/mol. The molecule has 1 rings (SSSR count). The fourth-order valence-electron chi connectivity index (χ4n) is 1.08. The summed E-state index contributed by atoms with van der Waals surface area (Å²) in [5.41, 5.74) is 16.4. The van der Waals surface area contributed by atoms with Gasteiger partial charge >= 0.3 is 0 Å². The Bertz CT molecular complexity index is 468.